The van der Waals surface area contributed by atoms with Crippen LogP contribution in [0.1, 0.15) is 24.0 Å². The first-order chi connectivity index (χ1) is 6.59. The molecule has 0 aromatic heterocycles. The van der Waals surface area contributed by atoms with Crippen molar-refractivity contribution in [3.05, 3.63) is 34.1 Å². The van der Waals surface area contributed by atoms with E-state index >= 15 is 0 Å². The van der Waals surface area contributed by atoms with E-state index in [-0.39, 0.29) is 11.2 Å². The molecule has 1 aliphatic carbocycles. The Balaban J connectivity index is 2.49. The molecule has 1 nitrogen and oxygen atoms in total. The van der Waals surface area contributed by atoms with E-state index in [0.29, 0.717) is 17.1 Å². The van der Waals surface area contributed by atoms with Crippen LogP contribution >= 0.6 is 11.6 Å². The Labute approximate surface area is 88.1 Å². The van der Waals surface area contributed by atoms with Crippen molar-refractivity contribution in [2.24, 2.45) is 5.73 Å². The van der Waals surface area contributed by atoms with Gasteiger partial charge in [0.25, 0.3) is 0 Å². The van der Waals surface area contributed by atoms with Crippen LogP contribution in [-0.4, -0.2) is 6.54 Å². The van der Waals surface area contributed by atoms with Crippen molar-refractivity contribution in [2.75, 3.05) is 6.54 Å². The van der Waals surface area contributed by atoms with Gasteiger partial charge in [0, 0.05) is 17.0 Å². The lowest BCUT2D eigenvalue weighted by Gasteiger charge is -2.15. The van der Waals surface area contributed by atoms with Crippen LogP contribution < -0.4 is 5.73 Å². The first kappa shape index (κ1) is 9.94. The molecule has 1 aliphatic rings. The van der Waals surface area contributed by atoms with Gasteiger partial charge in [-0.05, 0) is 43.0 Å². The normalized spacial score (nSPS) is 18.3. The van der Waals surface area contributed by atoms with E-state index in [4.69, 9.17) is 17.3 Å². The Morgan fingerprint density at radius 2 is 2.14 bits per heavy atom. The van der Waals surface area contributed by atoms with Gasteiger partial charge in [-0.2, -0.15) is 0 Å². The lowest BCUT2D eigenvalue weighted by molar-refractivity contribution is 0.607. The fourth-order valence-corrected chi connectivity index (χ4v) is 2.21. The Morgan fingerprint density at radius 1 is 1.50 bits per heavy atom. The van der Waals surface area contributed by atoms with Crippen molar-refractivity contribution in [1.82, 2.24) is 0 Å². The van der Waals surface area contributed by atoms with Crippen molar-refractivity contribution < 1.29 is 4.39 Å². The molecule has 0 radical (unpaired) electrons. The topological polar surface area (TPSA) is 26.0 Å². The summed E-state index contributed by atoms with van der Waals surface area (Å²) in [6.45, 7) is 2.27. The minimum atomic E-state index is -0.191. The number of halogens is 2. The molecule has 0 amide bonds. The van der Waals surface area contributed by atoms with E-state index in [0.717, 1.165) is 18.4 Å². The highest BCUT2D eigenvalue weighted by Crippen LogP contribution is 2.49. The standard InChI is InChI=1S/C11H13ClFN/c1-7-4-9(12)8(5-10(7)13)11(6-14)2-3-11/h4-5H,2-3,6,14H2,1H3. The first-order valence-corrected chi connectivity index (χ1v) is 5.13. The second kappa shape index (κ2) is 3.21. The minimum Gasteiger partial charge on any atom is -0.330 e. The largest absolute Gasteiger partial charge is 0.330 e. The molecule has 0 heterocycles. The van der Waals surface area contributed by atoms with Gasteiger partial charge in [0.05, 0.1) is 0 Å². The molecule has 1 aromatic carbocycles. The Morgan fingerprint density at radius 3 is 2.64 bits per heavy atom. The van der Waals surface area contributed by atoms with Gasteiger partial charge in [0.2, 0.25) is 0 Å². The third-order valence-corrected chi connectivity index (χ3v) is 3.38. The summed E-state index contributed by atoms with van der Waals surface area (Å²) in [5, 5.41) is 0.645. The molecule has 1 fully saturated rings. The van der Waals surface area contributed by atoms with Crippen LogP contribution in [0.25, 0.3) is 0 Å². The number of nitrogens with two attached hydrogens (primary N) is 1. The lowest BCUT2D eigenvalue weighted by atomic mass is 9.95. The van der Waals surface area contributed by atoms with Crippen LogP contribution in [0.3, 0.4) is 0 Å². The van der Waals surface area contributed by atoms with Crippen LogP contribution in [0.15, 0.2) is 12.1 Å². The molecule has 2 rings (SSSR count). The second-order valence-corrected chi connectivity index (χ2v) is 4.47. The van der Waals surface area contributed by atoms with Crippen molar-refractivity contribution in [2.45, 2.75) is 25.2 Å². The molecule has 1 saturated carbocycles. The SMILES string of the molecule is Cc1cc(Cl)c(C2(CN)CC2)cc1F. The highest BCUT2D eigenvalue weighted by Gasteiger charge is 2.44. The number of benzene rings is 1. The van der Waals surface area contributed by atoms with Gasteiger partial charge in [0.15, 0.2) is 0 Å². The summed E-state index contributed by atoms with van der Waals surface area (Å²) < 4.78 is 13.4. The quantitative estimate of drug-likeness (QED) is 0.804. The zero-order valence-electron chi connectivity index (χ0n) is 8.11. The molecule has 0 bridgehead atoms. The maximum atomic E-state index is 13.4. The fraction of sp³-hybridized carbons (Fsp3) is 0.455. The Hall–Kier alpha value is -0.600. The molecule has 3 heteroatoms. The van der Waals surface area contributed by atoms with Crippen molar-refractivity contribution in [1.29, 1.82) is 0 Å². The van der Waals surface area contributed by atoms with Crippen molar-refractivity contribution >= 4 is 11.6 Å². The van der Waals surface area contributed by atoms with E-state index in [9.17, 15) is 4.39 Å². The monoisotopic (exact) mass is 213 g/mol. The van der Waals surface area contributed by atoms with Gasteiger partial charge < -0.3 is 5.73 Å². The van der Waals surface area contributed by atoms with E-state index in [2.05, 4.69) is 0 Å². The summed E-state index contributed by atoms with van der Waals surface area (Å²) in [6.07, 6.45) is 2.04. The predicted molar refractivity (Wildman–Crippen MR) is 56.1 cm³/mol. The third-order valence-electron chi connectivity index (χ3n) is 3.06. The number of aryl methyl sites for hydroxylation is 1. The summed E-state index contributed by atoms with van der Waals surface area (Å²) in [5.41, 5.74) is 7.11. The molecule has 0 saturated heterocycles. The lowest BCUT2D eigenvalue weighted by Crippen LogP contribution is -2.20. The summed E-state index contributed by atoms with van der Waals surface area (Å²) in [7, 11) is 0. The maximum absolute atomic E-state index is 13.4. The molecule has 14 heavy (non-hydrogen) atoms. The zero-order valence-corrected chi connectivity index (χ0v) is 8.87. The van der Waals surface area contributed by atoms with Gasteiger partial charge in [-0.3, -0.25) is 0 Å². The Bertz CT molecular complexity index is 372. The van der Waals surface area contributed by atoms with E-state index in [1.165, 1.54) is 6.07 Å². The molecule has 2 N–H and O–H groups in total. The Kier molecular flexibility index (Phi) is 2.28. The first-order valence-electron chi connectivity index (χ1n) is 4.75. The summed E-state index contributed by atoms with van der Waals surface area (Å²) >= 11 is 6.08. The fourth-order valence-electron chi connectivity index (χ4n) is 1.79. The average Bonchev–Trinajstić information content (AvgIpc) is 2.92. The summed E-state index contributed by atoms with van der Waals surface area (Å²) in [4.78, 5) is 0. The summed E-state index contributed by atoms with van der Waals surface area (Å²) in [6, 6.07) is 3.22. The molecule has 76 valence electrons. The van der Waals surface area contributed by atoms with Crippen molar-refractivity contribution in [3.8, 4) is 0 Å². The smallest absolute Gasteiger partial charge is 0.126 e. The molecular formula is C11H13ClFN. The van der Waals surface area contributed by atoms with E-state index in [1.807, 2.05) is 0 Å². The van der Waals surface area contributed by atoms with Gasteiger partial charge in [-0.1, -0.05) is 11.6 Å². The van der Waals surface area contributed by atoms with Gasteiger partial charge in [0.1, 0.15) is 5.82 Å². The number of hydrogen-bond acceptors (Lipinski definition) is 1. The van der Waals surface area contributed by atoms with Crippen LogP contribution in [0.2, 0.25) is 5.02 Å². The van der Waals surface area contributed by atoms with Gasteiger partial charge in [-0.15, -0.1) is 0 Å². The number of rotatable bonds is 2. The average molecular weight is 214 g/mol. The molecule has 1 aromatic rings. The maximum Gasteiger partial charge on any atom is 0.126 e. The van der Waals surface area contributed by atoms with E-state index < -0.39 is 0 Å². The molecule has 0 spiro atoms. The summed E-state index contributed by atoms with van der Waals surface area (Å²) in [5.74, 6) is -0.191. The van der Waals surface area contributed by atoms with E-state index in [1.54, 1.807) is 13.0 Å². The van der Waals surface area contributed by atoms with Crippen LogP contribution in [0, 0.1) is 12.7 Å². The minimum absolute atomic E-state index is 0.0361. The number of hydrogen-bond donors (Lipinski definition) is 1. The highest BCUT2D eigenvalue weighted by molar-refractivity contribution is 6.31. The van der Waals surface area contributed by atoms with Gasteiger partial charge in [-0.25, -0.2) is 4.39 Å². The zero-order chi connectivity index (χ0) is 10.3. The van der Waals surface area contributed by atoms with Crippen LogP contribution in [0.5, 0.6) is 0 Å². The highest BCUT2D eigenvalue weighted by atomic mass is 35.5. The molecule has 0 unspecified atom stereocenters. The molecular weight excluding hydrogens is 201 g/mol. The molecule has 0 aliphatic heterocycles. The molecule has 0 atom stereocenters. The third kappa shape index (κ3) is 1.43. The van der Waals surface area contributed by atoms with Crippen LogP contribution in [-0.2, 0) is 5.41 Å². The second-order valence-electron chi connectivity index (χ2n) is 4.07. The van der Waals surface area contributed by atoms with Crippen LogP contribution in [0.4, 0.5) is 4.39 Å². The van der Waals surface area contributed by atoms with Gasteiger partial charge >= 0.3 is 0 Å². The predicted octanol–water partition coefficient (Wildman–Crippen LogP) is 2.78. The van der Waals surface area contributed by atoms with Crippen molar-refractivity contribution in [3.63, 3.8) is 0 Å².